The van der Waals surface area contributed by atoms with E-state index in [1.165, 1.54) is 4.68 Å². The van der Waals surface area contributed by atoms with Crippen molar-refractivity contribution in [2.45, 2.75) is 44.2 Å². The van der Waals surface area contributed by atoms with Crippen LogP contribution < -0.4 is 11.0 Å². The summed E-state index contributed by atoms with van der Waals surface area (Å²) >= 11 is 0. The van der Waals surface area contributed by atoms with Gasteiger partial charge in [0.05, 0.1) is 18.8 Å². The number of carbonyl (C=O) groups is 1. The number of nitrogens with zero attached hydrogens (tertiary/aromatic N) is 4. The number of amides is 2. The van der Waals surface area contributed by atoms with Gasteiger partial charge < -0.3 is 15.0 Å². The standard InChI is InChI=1S/C24H29N5O3/c1-32-15-14-28-24(31)29(19-11-12-19)22(26-28)18-8-5-13-27(16-18)23(30)25-21-10-4-7-17-6-2-3-9-20(17)21/h2-4,6-7,9-10,18-19H,5,8,11-16H2,1H3,(H,25,30). The van der Waals surface area contributed by atoms with Crippen molar-refractivity contribution in [2.24, 2.45) is 0 Å². The van der Waals surface area contributed by atoms with Gasteiger partial charge in [0, 0.05) is 37.5 Å². The number of rotatable bonds is 6. The summed E-state index contributed by atoms with van der Waals surface area (Å²) in [6.07, 6.45) is 3.84. The van der Waals surface area contributed by atoms with Crippen molar-refractivity contribution >= 4 is 22.5 Å². The van der Waals surface area contributed by atoms with Crippen molar-refractivity contribution < 1.29 is 9.53 Å². The lowest BCUT2D eigenvalue weighted by Gasteiger charge is -2.32. The van der Waals surface area contributed by atoms with E-state index in [9.17, 15) is 9.59 Å². The minimum atomic E-state index is -0.106. The lowest BCUT2D eigenvalue weighted by molar-refractivity contribution is 0.181. The summed E-state index contributed by atoms with van der Waals surface area (Å²) in [6.45, 7) is 2.15. The summed E-state index contributed by atoms with van der Waals surface area (Å²) < 4.78 is 8.52. The average Bonchev–Trinajstić information content (AvgIpc) is 3.61. The molecule has 1 aromatic heterocycles. The predicted octanol–water partition coefficient (Wildman–Crippen LogP) is 3.59. The average molecular weight is 436 g/mol. The zero-order valence-corrected chi connectivity index (χ0v) is 18.4. The molecular weight excluding hydrogens is 406 g/mol. The first-order valence-electron chi connectivity index (χ1n) is 11.4. The minimum absolute atomic E-state index is 0.0547. The Morgan fingerprint density at radius 2 is 1.97 bits per heavy atom. The smallest absolute Gasteiger partial charge is 0.346 e. The number of ether oxygens (including phenoxy) is 1. The number of piperidine rings is 1. The quantitative estimate of drug-likeness (QED) is 0.642. The highest BCUT2D eigenvalue weighted by molar-refractivity contribution is 6.01. The van der Waals surface area contributed by atoms with Crippen LogP contribution in [-0.2, 0) is 11.3 Å². The molecule has 1 unspecified atom stereocenters. The van der Waals surface area contributed by atoms with Crippen molar-refractivity contribution in [2.75, 3.05) is 32.1 Å². The molecule has 2 amide bonds. The Morgan fingerprint density at radius 3 is 2.78 bits per heavy atom. The second-order valence-electron chi connectivity index (χ2n) is 8.70. The SMILES string of the molecule is COCCn1nc(C2CCCN(C(=O)Nc3cccc4ccccc34)C2)n(C2CC2)c1=O. The number of hydrogen-bond donors (Lipinski definition) is 1. The van der Waals surface area contributed by atoms with Crippen LogP contribution in [0.1, 0.15) is 43.5 Å². The third-order valence-corrected chi connectivity index (χ3v) is 6.42. The van der Waals surface area contributed by atoms with Crippen molar-refractivity contribution in [3.05, 3.63) is 58.8 Å². The Morgan fingerprint density at radius 1 is 1.16 bits per heavy atom. The number of aromatic nitrogens is 3. The fourth-order valence-corrected chi connectivity index (χ4v) is 4.62. The summed E-state index contributed by atoms with van der Waals surface area (Å²) in [7, 11) is 1.62. The van der Waals surface area contributed by atoms with E-state index in [0.717, 1.165) is 48.0 Å². The summed E-state index contributed by atoms with van der Waals surface area (Å²) in [5.74, 6) is 0.871. The monoisotopic (exact) mass is 435 g/mol. The van der Waals surface area contributed by atoms with Gasteiger partial charge >= 0.3 is 11.7 Å². The van der Waals surface area contributed by atoms with E-state index in [4.69, 9.17) is 4.74 Å². The number of urea groups is 1. The molecule has 1 atom stereocenters. The first kappa shape index (κ1) is 20.8. The van der Waals surface area contributed by atoms with Gasteiger partial charge in [-0.3, -0.25) is 4.57 Å². The van der Waals surface area contributed by atoms with Crippen LogP contribution in [0, 0.1) is 0 Å². The summed E-state index contributed by atoms with van der Waals surface area (Å²) in [5, 5.41) is 9.90. The van der Waals surface area contributed by atoms with Gasteiger partial charge in [-0.25, -0.2) is 14.3 Å². The number of carbonyl (C=O) groups excluding carboxylic acids is 1. The normalized spacial score (nSPS) is 18.8. The molecule has 8 nitrogen and oxygen atoms in total. The molecule has 1 saturated carbocycles. The fourth-order valence-electron chi connectivity index (χ4n) is 4.62. The molecule has 0 bridgehead atoms. The molecule has 0 spiro atoms. The zero-order chi connectivity index (χ0) is 22.1. The van der Waals surface area contributed by atoms with Crippen LogP contribution in [0.3, 0.4) is 0 Å². The second kappa shape index (κ2) is 8.78. The first-order valence-corrected chi connectivity index (χ1v) is 11.4. The van der Waals surface area contributed by atoms with Gasteiger partial charge in [0.25, 0.3) is 0 Å². The highest BCUT2D eigenvalue weighted by Crippen LogP contribution is 2.37. The molecular formula is C24H29N5O3. The van der Waals surface area contributed by atoms with Gasteiger partial charge in [0.15, 0.2) is 0 Å². The number of likely N-dealkylation sites (tertiary alicyclic amines) is 1. The Balaban J connectivity index is 1.35. The molecule has 3 aromatic rings. The molecule has 2 fully saturated rings. The van der Waals surface area contributed by atoms with Gasteiger partial charge in [0.1, 0.15) is 5.82 Å². The van der Waals surface area contributed by atoms with Crippen LogP contribution in [0.15, 0.2) is 47.3 Å². The number of hydrogen-bond acceptors (Lipinski definition) is 4. The van der Waals surface area contributed by atoms with Crippen molar-refractivity contribution in [3.63, 3.8) is 0 Å². The molecule has 1 aliphatic heterocycles. The molecule has 1 aliphatic carbocycles. The van der Waals surface area contributed by atoms with Crippen LogP contribution in [0.2, 0.25) is 0 Å². The highest BCUT2D eigenvalue weighted by atomic mass is 16.5. The van der Waals surface area contributed by atoms with Crippen LogP contribution >= 0.6 is 0 Å². The Bertz CT molecular complexity index is 1170. The van der Waals surface area contributed by atoms with E-state index in [1.807, 2.05) is 51.9 Å². The van der Waals surface area contributed by atoms with E-state index in [1.54, 1.807) is 7.11 Å². The number of benzene rings is 2. The van der Waals surface area contributed by atoms with Crippen LogP contribution in [0.4, 0.5) is 10.5 Å². The molecule has 2 aromatic carbocycles. The molecule has 1 N–H and O–H groups in total. The van der Waals surface area contributed by atoms with E-state index in [2.05, 4.69) is 10.4 Å². The Hall–Kier alpha value is -3.13. The first-order chi connectivity index (χ1) is 15.7. The van der Waals surface area contributed by atoms with Crippen LogP contribution in [-0.4, -0.2) is 52.1 Å². The summed E-state index contributed by atoms with van der Waals surface area (Å²) in [4.78, 5) is 27.9. The summed E-state index contributed by atoms with van der Waals surface area (Å²) in [5.41, 5.74) is 0.755. The number of fused-ring (bicyclic) bond motifs is 1. The fraction of sp³-hybridized carbons (Fsp3) is 0.458. The van der Waals surface area contributed by atoms with E-state index in [-0.39, 0.29) is 23.7 Å². The van der Waals surface area contributed by atoms with E-state index < -0.39 is 0 Å². The second-order valence-corrected chi connectivity index (χ2v) is 8.70. The van der Waals surface area contributed by atoms with Crippen molar-refractivity contribution in [3.8, 4) is 0 Å². The number of anilines is 1. The molecule has 1 saturated heterocycles. The maximum Gasteiger partial charge on any atom is 0.346 e. The van der Waals surface area contributed by atoms with Gasteiger partial charge in [-0.15, -0.1) is 0 Å². The van der Waals surface area contributed by atoms with Crippen LogP contribution in [0.25, 0.3) is 10.8 Å². The van der Waals surface area contributed by atoms with Gasteiger partial charge in [-0.1, -0.05) is 36.4 Å². The molecule has 2 heterocycles. The van der Waals surface area contributed by atoms with Crippen molar-refractivity contribution in [1.29, 1.82) is 0 Å². The predicted molar refractivity (Wildman–Crippen MR) is 123 cm³/mol. The number of methoxy groups -OCH3 is 1. The maximum atomic E-state index is 13.1. The molecule has 0 radical (unpaired) electrons. The third-order valence-electron chi connectivity index (χ3n) is 6.42. The van der Waals surface area contributed by atoms with Gasteiger partial charge in [-0.2, -0.15) is 5.10 Å². The minimum Gasteiger partial charge on any atom is -0.383 e. The number of nitrogens with one attached hydrogen (secondary N) is 1. The highest BCUT2D eigenvalue weighted by Gasteiger charge is 2.35. The Kier molecular flexibility index (Phi) is 5.70. The van der Waals surface area contributed by atoms with E-state index >= 15 is 0 Å². The summed E-state index contributed by atoms with van der Waals surface area (Å²) in [6, 6.07) is 14.1. The zero-order valence-electron chi connectivity index (χ0n) is 18.4. The molecule has 2 aliphatic rings. The topological polar surface area (TPSA) is 81.4 Å². The molecule has 8 heteroatoms. The van der Waals surface area contributed by atoms with E-state index in [0.29, 0.717) is 26.2 Å². The van der Waals surface area contributed by atoms with Crippen LogP contribution in [0.5, 0.6) is 0 Å². The lowest BCUT2D eigenvalue weighted by Crippen LogP contribution is -2.42. The lowest BCUT2D eigenvalue weighted by atomic mass is 9.97. The largest absolute Gasteiger partial charge is 0.383 e. The van der Waals surface area contributed by atoms with Crippen molar-refractivity contribution in [1.82, 2.24) is 19.2 Å². The maximum absolute atomic E-state index is 13.1. The molecule has 5 rings (SSSR count). The van der Waals surface area contributed by atoms with Gasteiger partial charge in [-0.05, 0) is 37.1 Å². The molecule has 168 valence electrons. The molecule has 32 heavy (non-hydrogen) atoms. The Labute approximate surface area is 186 Å². The third kappa shape index (κ3) is 4.02. The van der Waals surface area contributed by atoms with Gasteiger partial charge in [0.2, 0.25) is 0 Å².